The van der Waals surface area contributed by atoms with Crippen LogP contribution < -0.4 is 21.9 Å². The van der Waals surface area contributed by atoms with Crippen LogP contribution in [0.25, 0.3) is 22.1 Å². The van der Waals surface area contributed by atoms with Crippen LogP contribution in [0.3, 0.4) is 0 Å². The van der Waals surface area contributed by atoms with Gasteiger partial charge >= 0.3 is 5.69 Å². The third kappa shape index (κ3) is 4.37. The van der Waals surface area contributed by atoms with Gasteiger partial charge in [0.15, 0.2) is 0 Å². The predicted molar refractivity (Wildman–Crippen MR) is 152 cm³/mol. The van der Waals surface area contributed by atoms with Crippen molar-refractivity contribution in [3.63, 3.8) is 0 Å². The minimum Gasteiger partial charge on any atom is -0.378 e. The standard InChI is InChI=1S/C28H34N8O4/c1-3-35-24-23(22(26(37)33-11-13-40-14-12-33)25(35)34-10-4-5-19(29)17-34)32(2)28(39)36(27(24)38)16-18-6-7-20-21(15-18)31-9-8-30-20/h6-9,15,19H,3-5,10-14,16-17,29H2,1-2H3/t19-/m1/s1. The quantitative estimate of drug-likeness (QED) is 0.391. The molecule has 40 heavy (non-hydrogen) atoms. The lowest BCUT2D eigenvalue weighted by atomic mass is 10.1. The first-order chi connectivity index (χ1) is 19.4. The summed E-state index contributed by atoms with van der Waals surface area (Å²) in [5.41, 5.74) is 8.72. The molecule has 6 rings (SSSR count). The summed E-state index contributed by atoms with van der Waals surface area (Å²) in [6.45, 7) is 5.56. The van der Waals surface area contributed by atoms with Gasteiger partial charge in [0.2, 0.25) is 0 Å². The molecule has 1 amide bonds. The topological polar surface area (TPSA) is 134 Å². The summed E-state index contributed by atoms with van der Waals surface area (Å²) in [6.07, 6.45) is 5.01. The molecule has 0 spiro atoms. The summed E-state index contributed by atoms with van der Waals surface area (Å²) in [5, 5.41) is 0. The summed E-state index contributed by atoms with van der Waals surface area (Å²) < 4.78 is 10.1. The Balaban J connectivity index is 1.57. The van der Waals surface area contributed by atoms with E-state index in [-0.39, 0.29) is 18.5 Å². The third-order valence-corrected chi connectivity index (χ3v) is 7.97. The molecule has 210 valence electrons. The molecule has 0 aliphatic carbocycles. The lowest BCUT2D eigenvalue weighted by Crippen LogP contribution is -2.45. The number of hydrogen-bond acceptors (Lipinski definition) is 8. The summed E-state index contributed by atoms with van der Waals surface area (Å²) in [7, 11) is 1.63. The molecule has 5 heterocycles. The Bertz CT molecular complexity index is 1720. The molecule has 0 saturated carbocycles. The monoisotopic (exact) mass is 546 g/mol. The SMILES string of the molecule is CCn1c(N2CCC[C@@H](N)C2)c(C(=O)N2CCOCC2)c2c1c(=O)n(Cc1ccc3nccnc3c1)c(=O)n2C. The molecule has 4 aromatic rings. The van der Waals surface area contributed by atoms with E-state index in [9.17, 15) is 14.4 Å². The Morgan fingerprint density at radius 3 is 2.52 bits per heavy atom. The highest BCUT2D eigenvalue weighted by molar-refractivity contribution is 6.11. The van der Waals surface area contributed by atoms with Gasteiger partial charge in [0.25, 0.3) is 11.5 Å². The van der Waals surface area contributed by atoms with Crippen molar-refractivity contribution >= 4 is 33.8 Å². The molecule has 3 aromatic heterocycles. The Morgan fingerprint density at radius 2 is 1.80 bits per heavy atom. The fourth-order valence-electron chi connectivity index (χ4n) is 6.02. The summed E-state index contributed by atoms with van der Waals surface area (Å²) in [4.78, 5) is 54.6. The Morgan fingerprint density at radius 1 is 1.05 bits per heavy atom. The van der Waals surface area contributed by atoms with Crippen molar-refractivity contribution in [2.75, 3.05) is 44.3 Å². The number of hydrogen-bond donors (Lipinski definition) is 1. The largest absolute Gasteiger partial charge is 0.378 e. The molecule has 2 aliphatic rings. The maximum absolute atomic E-state index is 14.2. The van der Waals surface area contributed by atoms with E-state index in [2.05, 4.69) is 14.9 Å². The number of ether oxygens (including phenoxy) is 1. The molecule has 2 aliphatic heterocycles. The zero-order valence-corrected chi connectivity index (χ0v) is 22.9. The van der Waals surface area contributed by atoms with Crippen molar-refractivity contribution in [1.82, 2.24) is 28.6 Å². The second kappa shape index (κ2) is 10.5. The molecule has 0 bridgehead atoms. The number of anilines is 1. The van der Waals surface area contributed by atoms with Crippen LogP contribution in [0.1, 0.15) is 35.7 Å². The van der Waals surface area contributed by atoms with Gasteiger partial charge in [-0.2, -0.15) is 0 Å². The first-order valence-electron chi connectivity index (χ1n) is 13.8. The molecule has 12 nitrogen and oxygen atoms in total. The van der Waals surface area contributed by atoms with Crippen LogP contribution in [0.2, 0.25) is 0 Å². The smallest absolute Gasteiger partial charge is 0.331 e. The molecule has 1 atom stereocenters. The van der Waals surface area contributed by atoms with Crippen molar-refractivity contribution in [2.45, 2.75) is 38.9 Å². The number of carbonyl (C=O) groups excluding carboxylic acids is 1. The Kier molecular flexibility index (Phi) is 6.88. The zero-order chi connectivity index (χ0) is 28.0. The molecular weight excluding hydrogens is 512 g/mol. The molecule has 2 N–H and O–H groups in total. The summed E-state index contributed by atoms with van der Waals surface area (Å²) in [5.74, 6) is 0.463. The summed E-state index contributed by atoms with van der Waals surface area (Å²) >= 11 is 0. The highest BCUT2D eigenvalue weighted by atomic mass is 16.5. The zero-order valence-electron chi connectivity index (χ0n) is 22.9. The Hall–Kier alpha value is -4.03. The number of rotatable bonds is 5. The fraction of sp³-hybridized carbons (Fsp3) is 0.464. The van der Waals surface area contributed by atoms with Crippen LogP contribution in [0.15, 0.2) is 40.2 Å². The van der Waals surface area contributed by atoms with Crippen molar-refractivity contribution in [3.8, 4) is 0 Å². The normalized spacial score (nSPS) is 18.1. The van der Waals surface area contributed by atoms with Crippen molar-refractivity contribution in [1.29, 1.82) is 0 Å². The lowest BCUT2D eigenvalue weighted by molar-refractivity contribution is 0.0304. The van der Waals surface area contributed by atoms with Crippen molar-refractivity contribution in [2.24, 2.45) is 12.8 Å². The van der Waals surface area contributed by atoms with Gasteiger partial charge in [-0.15, -0.1) is 0 Å². The van der Waals surface area contributed by atoms with Crippen LogP contribution in [0.4, 0.5) is 5.82 Å². The maximum Gasteiger partial charge on any atom is 0.331 e. The molecule has 12 heteroatoms. The van der Waals surface area contributed by atoms with Gasteiger partial charge in [0.1, 0.15) is 16.9 Å². The van der Waals surface area contributed by atoms with Gasteiger partial charge in [-0.05, 0) is 37.5 Å². The van der Waals surface area contributed by atoms with E-state index in [4.69, 9.17) is 10.5 Å². The van der Waals surface area contributed by atoms with Gasteiger partial charge < -0.3 is 24.8 Å². The highest BCUT2D eigenvalue weighted by Gasteiger charge is 2.34. The van der Waals surface area contributed by atoms with Gasteiger partial charge in [-0.25, -0.2) is 4.79 Å². The molecule has 2 saturated heterocycles. The number of piperidine rings is 1. The second-order valence-electron chi connectivity index (χ2n) is 10.5. The first-order valence-corrected chi connectivity index (χ1v) is 13.8. The first kappa shape index (κ1) is 26.2. The van der Waals surface area contributed by atoms with Gasteiger partial charge in [0, 0.05) is 58.2 Å². The van der Waals surface area contributed by atoms with E-state index in [0.717, 1.165) is 23.9 Å². The molecule has 0 unspecified atom stereocenters. The van der Waals surface area contributed by atoms with Crippen molar-refractivity contribution in [3.05, 3.63) is 62.6 Å². The number of nitrogens with two attached hydrogens (primary N) is 1. The number of carbonyl (C=O) groups is 1. The maximum atomic E-state index is 14.2. The lowest BCUT2D eigenvalue weighted by Gasteiger charge is -2.34. The van der Waals surface area contributed by atoms with E-state index in [1.165, 1.54) is 9.13 Å². The molecule has 2 fully saturated rings. The molecule has 0 radical (unpaired) electrons. The average molecular weight is 547 g/mol. The number of morpholine rings is 1. The van der Waals surface area contributed by atoms with Crippen LogP contribution in [-0.4, -0.2) is 79.9 Å². The van der Waals surface area contributed by atoms with Gasteiger partial charge in [-0.1, -0.05) is 6.07 Å². The minimum atomic E-state index is -0.483. The second-order valence-corrected chi connectivity index (χ2v) is 10.5. The molecular formula is C28H34N8O4. The Labute approximate surface area is 230 Å². The van der Waals surface area contributed by atoms with Gasteiger partial charge in [-0.3, -0.25) is 28.7 Å². The number of fused-ring (bicyclic) bond motifs is 2. The van der Waals surface area contributed by atoms with E-state index in [0.29, 0.717) is 73.9 Å². The van der Waals surface area contributed by atoms with E-state index < -0.39 is 11.2 Å². The minimum absolute atomic E-state index is 0.0418. The van der Waals surface area contributed by atoms with Crippen molar-refractivity contribution < 1.29 is 9.53 Å². The van der Waals surface area contributed by atoms with E-state index >= 15 is 0 Å². The van der Waals surface area contributed by atoms with E-state index in [1.807, 2.05) is 29.7 Å². The number of aryl methyl sites for hydroxylation is 2. The highest BCUT2D eigenvalue weighted by Crippen LogP contribution is 2.34. The number of benzene rings is 1. The average Bonchev–Trinajstić information content (AvgIpc) is 3.34. The number of amides is 1. The van der Waals surface area contributed by atoms with E-state index in [1.54, 1.807) is 24.3 Å². The number of nitrogens with zero attached hydrogens (tertiary/aromatic N) is 7. The number of aromatic nitrogens is 5. The van der Waals surface area contributed by atoms with Crippen LogP contribution >= 0.6 is 0 Å². The van der Waals surface area contributed by atoms with Gasteiger partial charge in [0.05, 0.1) is 36.3 Å². The third-order valence-electron chi connectivity index (χ3n) is 7.97. The van der Waals surface area contributed by atoms with Crippen LogP contribution in [-0.2, 0) is 24.9 Å². The van der Waals surface area contributed by atoms with Crippen LogP contribution in [0.5, 0.6) is 0 Å². The fourth-order valence-corrected chi connectivity index (χ4v) is 6.02. The molecule has 1 aromatic carbocycles. The predicted octanol–water partition coefficient (Wildman–Crippen LogP) is 0.913. The van der Waals surface area contributed by atoms with Crippen LogP contribution in [0, 0.1) is 0 Å². The summed E-state index contributed by atoms with van der Waals surface area (Å²) in [6, 6.07) is 5.47.